The topological polar surface area (TPSA) is 0 Å². The van der Waals surface area contributed by atoms with E-state index in [1.807, 2.05) is 0 Å². The normalized spacial score (nSPS) is 12.7. The van der Waals surface area contributed by atoms with Gasteiger partial charge < -0.3 is 0 Å². The highest BCUT2D eigenvalue weighted by Gasteiger charge is 2.53. The molecule has 0 aliphatic carbocycles. The second-order valence-electron chi connectivity index (χ2n) is 7.30. The van der Waals surface area contributed by atoms with Gasteiger partial charge in [-0.25, -0.2) is 0 Å². The van der Waals surface area contributed by atoms with Crippen LogP contribution in [0.5, 0.6) is 0 Å². The maximum absolute atomic E-state index is 13.0. The monoisotopic (exact) mass is 466 g/mol. The average Bonchev–Trinajstić information content (AvgIpc) is 2.56. The van der Waals surface area contributed by atoms with Gasteiger partial charge in [-0.1, -0.05) is 89.9 Å². The largest absolute Gasteiger partial charge is 0.363 e. The molecule has 0 atom stereocenters. The zero-order valence-corrected chi connectivity index (χ0v) is 18.3. The predicted molar refractivity (Wildman–Crippen MR) is 108 cm³/mol. The van der Waals surface area contributed by atoms with Crippen LogP contribution in [0.4, 0.5) is 17.6 Å². The van der Waals surface area contributed by atoms with Crippen molar-refractivity contribution in [3.8, 4) is 0 Å². The van der Waals surface area contributed by atoms with Gasteiger partial charge >= 0.3 is 10.8 Å². The summed E-state index contributed by atoms with van der Waals surface area (Å²) in [6.45, 7) is 0. The van der Waals surface area contributed by atoms with Gasteiger partial charge in [0.15, 0.2) is 0 Å². The van der Waals surface area contributed by atoms with Crippen LogP contribution in [0.2, 0.25) is 0 Å². The summed E-state index contributed by atoms with van der Waals surface area (Å²) in [4.78, 5) is -4.09. The third kappa shape index (κ3) is 15.5. The lowest BCUT2D eigenvalue weighted by molar-refractivity contribution is -0.151. The fraction of sp³-hybridized carbons (Fsp3) is 1.00. The summed E-state index contributed by atoms with van der Waals surface area (Å²) in [6.07, 6.45) is 17.0. The molecule has 0 amide bonds. The molecule has 0 nitrogen and oxygen atoms in total. The van der Waals surface area contributed by atoms with Crippen molar-refractivity contribution in [3.63, 3.8) is 0 Å². The van der Waals surface area contributed by atoms with E-state index < -0.39 is 17.2 Å². The van der Waals surface area contributed by atoms with Crippen molar-refractivity contribution in [1.29, 1.82) is 0 Å². The first kappa shape index (κ1) is 26.5. The van der Waals surface area contributed by atoms with Crippen LogP contribution in [0.1, 0.15) is 109 Å². The quantitative estimate of drug-likeness (QED) is 0.101. The summed E-state index contributed by atoms with van der Waals surface area (Å²) < 4.78 is 51.2. The molecule has 0 saturated heterocycles. The van der Waals surface area contributed by atoms with Crippen molar-refractivity contribution >= 4 is 27.5 Å². The van der Waals surface area contributed by atoms with E-state index in [4.69, 9.17) is 11.6 Å². The van der Waals surface area contributed by atoms with Crippen molar-refractivity contribution in [3.05, 3.63) is 0 Å². The molecule has 0 aromatic rings. The molecule has 0 aliphatic rings. The van der Waals surface area contributed by atoms with Crippen LogP contribution in [0, 0.1) is 0 Å². The fourth-order valence-electron chi connectivity index (χ4n) is 3.06. The minimum Gasteiger partial charge on any atom is -0.199 e. The molecular formula is C20H36BrClF4. The Hall–Kier alpha value is 0.490. The van der Waals surface area contributed by atoms with Gasteiger partial charge in [0, 0.05) is 12.3 Å². The Balaban J connectivity index is 3.21. The van der Waals surface area contributed by atoms with E-state index in [1.165, 1.54) is 64.2 Å². The van der Waals surface area contributed by atoms with Crippen LogP contribution in [0.15, 0.2) is 0 Å². The van der Waals surface area contributed by atoms with Crippen molar-refractivity contribution in [2.24, 2.45) is 0 Å². The standard InChI is InChI=1S/C20H36BrClF4/c21-20(25,26)19(23,24)17-15-13-11-9-7-5-3-1-2-4-6-8-10-12-14-16-18-22/h1-18H2. The molecule has 0 bridgehead atoms. The van der Waals surface area contributed by atoms with E-state index in [9.17, 15) is 17.6 Å². The van der Waals surface area contributed by atoms with E-state index in [-0.39, 0.29) is 6.42 Å². The Morgan fingerprint density at radius 2 is 0.769 bits per heavy atom. The summed E-state index contributed by atoms with van der Waals surface area (Å²) in [7, 11) is 0. The van der Waals surface area contributed by atoms with Gasteiger partial charge in [0.1, 0.15) is 0 Å². The van der Waals surface area contributed by atoms with E-state index in [2.05, 4.69) is 0 Å². The van der Waals surface area contributed by atoms with Gasteiger partial charge in [0.25, 0.3) is 0 Å². The van der Waals surface area contributed by atoms with Crippen LogP contribution in [-0.2, 0) is 0 Å². The molecule has 0 N–H and O–H groups in total. The van der Waals surface area contributed by atoms with Crippen molar-refractivity contribution in [2.75, 3.05) is 5.88 Å². The number of halogens is 6. The molecule has 0 heterocycles. The van der Waals surface area contributed by atoms with Gasteiger partial charge in [-0.3, -0.25) is 0 Å². The highest BCUT2D eigenvalue weighted by Crippen LogP contribution is 2.42. The predicted octanol–water partition coefficient (Wildman–Crippen LogP) is 9.48. The van der Waals surface area contributed by atoms with Crippen molar-refractivity contribution in [1.82, 2.24) is 0 Å². The Kier molecular flexibility index (Phi) is 16.8. The Bertz CT molecular complexity index is 309. The molecule has 0 radical (unpaired) electrons. The highest BCUT2D eigenvalue weighted by atomic mass is 79.9. The van der Waals surface area contributed by atoms with Gasteiger partial charge in [-0.2, -0.15) is 17.6 Å². The van der Waals surface area contributed by atoms with E-state index in [1.54, 1.807) is 15.9 Å². The average molecular weight is 468 g/mol. The van der Waals surface area contributed by atoms with Gasteiger partial charge in [0.05, 0.1) is 0 Å². The minimum atomic E-state index is -4.09. The molecule has 0 spiro atoms. The highest BCUT2D eigenvalue weighted by molar-refractivity contribution is 9.10. The Morgan fingerprint density at radius 1 is 0.500 bits per heavy atom. The number of alkyl halides is 6. The SMILES string of the molecule is FC(F)(Br)C(F)(F)CCCCCCCCCCCCCCCCCCCl. The molecule has 0 aromatic heterocycles. The molecule has 0 aliphatic heterocycles. The zero-order chi connectivity index (χ0) is 19.7. The third-order valence-electron chi connectivity index (χ3n) is 4.79. The second kappa shape index (κ2) is 16.4. The lowest BCUT2D eigenvalue weighted by atomic mass is 10.0. The van der Waals surface area contributed by atoms with Gasteiger partial charge in [-0.05, 0) is 28.8 Å². The molecule has 0 aromatic carbocycles. The fourth-order valence-corrected chi connectivity index (χ4v) is 3.45. The molecule has 158 valence electrons. The molecule has 26 heavy (non-hydrogen) atoms. The number of rotatable bonds is 19. The number of unbranched alkanes of at least 4 members (excludes halogenated alkanes) is 15. The van der Waals surface area contributed by atoms with E-state index >= 15 is 0 Å². The molecule has 0 saturated carbocycles. The van der Waals surface area contributed by atoms with Crippen LogP contribution < -0.4 is 0 Å². The van der Waals surface area contributed by atoms with Crippen LogP contribution in [0.3, 0.4) is 0 Å². The lowest BCUT2D eigenvalue weighted by Gasteiger charge is -2.21. The molecule has 0 unspecified atom stereocenters. The van der Waals surface area contributed by atoms with Crippen LogP contribution in [-0.4, -0.2) is 16.6 Å². The molecule has 0 rings (SSSR count). The van der Waals surface area contributed by atoms with Gasteiger partial charge in [0.2, 0.25) is 0 Å². The van der Waals surface area contributed by atoms with E-state index in [0.717, 1.165) is 31.6 Å². The van der Waals surface area contributed by atoms with Gasteiger partial charge in [-0.15, -0.1) is 11.6 Å². The first-order valence-corrected chi connectivity index (χ1v) is 11.6. The maximum atomic E-state index is 13.0. The first-order valence-electron chi connectivity index (χ1n) is 10.3. The number of hydrogen-bond donors (Lipinski definition) is 0. The second-order valence-corrected chi connectivity index (χ2v) is 8.67. The van der Waals surface area contributed by atoms with Crippen LogP contribution in [0.25, 0.3) is 0 Å². The summed E-state index contributed by atoms with van der Waals surface area (Å²) in [6, 6.07) is 0. The Labute approximate surface area is 171 Å². The van der Waals surface area contributed by atoms with Crippen molar-refractivity contribution in [2.45, 2.75) is 120 Å². The number of hydrogen-bond acceptors (Lipinski definition) is 0. The lowest BCUT2D eigenvalue weighted by Crippen LogP contribution is -2.34. The smallest absolute Gasteiger partial charge is 0.199 e. The first-order chi connectivity index (χ1) is 12.3. The molecule has 6 heteroatoms. The summed E-state index contributed by atoms with van der Waals surface area (Å²) in [5, 5.41) is 0. The third-order valence-corrected chi connectivity index (χ3v) is 5.64. The molecule has 0 fully saturated rings. The molecular weight excluding hydrogens is 432 g/mol. The van der Waals surface area contributed by atoms with Crippen LogP contribution >= 0.6 is 27.5 Å². The summed E-state index contributed by atoms with van der Waals surface area (Å²) >= 11 is 7.41. The Morgan fingerprint density at radius 3 is 1.04 bits per heavy atom. The summed E-state index contributed by atoms with van der Waals surface area (Å²) in [5.74, 6) is -3.16. The maximum Gasteiger partial charge on any atom is 0.363 e. The van der Waals surface area contributed by atoms with Crippen molar-refractivity contribution < 1.29 is 17.6 Å². The minimum absolute atomic E-state index is 0.153. The zero-order valence-electron chi connectivity index (χ0n) is 16.0. The van der Waals surface area contributed by atoms with E-state index in [0.29, 0.717) is 6.42 Å². The summed E-state index contributed by atoms with van der Waals surface area (Å²) in [5.41, 5.74) is 0.